The molecule has 1 saturated carbocycles. The first-order valence-electron chi connectivity index (χ1n) is 10.1. The molecule has 0 radical (unpaired) electrons. The number of carbonyl (C=O) groups is 2. The van der Waals surface area contributed by atoms with Crippen molar-refractivity contribution in [2.24, 2.45) is 0 Å². The van der Waals surface area contributed by atoms with Crippen LogP contribution in [0.25, 0.3) is 0 Å². The van der Waals surface area contributed by atoms with Gasteiger partial charge < -0.3 is 19.3 Å². The first kappa shape index (κ1) is 20.8. The molecule has 0 spiro atoms. The molecular formula is C21H29ClN2O4. The Morgan fingerprint density at radius 1 is 1.04 bits per heavy atom. The normalized spacial score (nSPS) is 18.5. The Kier molecular flexibility index (Phi) is 7.43. The van der Waals surface area contributed by atoms with E-state index in [1.807, 2.05) is 18.2 Å². The zero-order valence-corrected chi connectivity index (χ0v) is 17.2. The number of ether oxygens (including phenoxy) is 2. The van der Waals surface area contributed by atoms with Crippen LogP contribution in [-0.2, 0) is 9.53 Å². The van der Waals surface area contributed by atoms with Gasteiger partial charge in [0.1, 0.15) is 5.75 Å². The summed E-state index contributed by atoms with van der Waals surface area (Å²) in [6, 6.07) is 5.67. The third kappa shape index (κ3) is 5.31. The van der Waals surface area contributed by atoms with Crippen LogP contribution in [0, 0.1) is 0 Å². The highest BCUT2D eigenvalue weighted by Gasteiger charge is 2.24. The van der Waals surface area contributed by atoms with Gasteiger partial charge in [-0.2, -0.15) is 0 Å². The molecule has 2 fully saturated rings. The van der Waals surface area contributed by atoms with E-state index in [0.29, 0.717) is 37.1 Å². The summed E-state index contributed by atoms with van der Waals surface area (Å²) in [5, 5.41) is 0.703. The maximum atomic E-state index is 12.7. The number of carbonyl (C=O) groups excluding carboxylic acids is 2. The maximum absolute atomic E-state index is 12.7. The predicted octanol–water partition coefficient (Wildman–Crippen LogP) is 4.07. The molecule has 1 aromatic rings. The largest absolute Gasteiger partial charge is 0.483 e. The highest BCUT2D eigenvalue weighted by atomic mass is 35.5. The zero-order valence-electron chi connectivity index (χ0n) is 16.5. The van der Waals surface area contributed by atoms with Gasteiger partial charge in [-0.15, -0.1) is 0 Å². The molecule has 3 rings (SSSR count). The van der Waals surface area contributed by atoms with E-state index in [4.69, 9.17) is 21.1 Å². The van der Waals surface area contributed by atoms with Crippen LogP contribution in [0.2, 0.25) is 5.02 Å². The lowest BCUT2D eigenvalue weighted by Gasteiger charge is -2.25. The third-order valence-corrected chi connectivity index (χ3v) is 5.88. The second-order valence-corrected chi connectivity index (χ2v) is 7.93. The number of hydrogen-bond donors (Lipinski definition) is 0. The molecule has 1 heterocycles. The fourth-order valence-corrected chi connectivity index (χ4v) is 4.27. The molecule has 7 heteroatoms. The van der Waals surface area contributed by atoms with Crippen LogP contribution in [-0.4, -0.2) is 61.7 Å². The molecular weight excluding hydrogens is 380 g/mol. The molecule has 0 N–H and O–H groups in total. The molecule has 0 atom stereocenters. The smallest absolute Gasteiger partial charge is 0.409 e. The summed E-state index contributed by atoms with van der Waals surface area (Å²) in [6.07, 6.45) is 6.39. The Hall–Kier alpha value is -1.95. The molecule has 1 aliphatic heterocycles. The lowest BCUT2D eigenvalue weighted by atomic mass is 9.84. The summed E-state index contributed by atoms with van der Waals surface area (Å²) in [5.74, 6) is 1.15. The van der Waals surface area contributed by atoms with Crippen molar-refractivity contribution in [2.45, 2.75) is 44.4 Å². The Morgan fingerprint density at radius 2 is 1.75 bits per heavy atom. The van der Waals surface area contributed by atoms with Crippen LogP contribution in [0.15, 0.2) is 18.2 Å². The molecule has 1 aromatic carbocycles. The standard InChI is InChI=1S/C21H29ClN2O4/c1-27-21(26)24-11-5-10-23(12-13-24)20(25)15-28-19-9-8-17(22)14-18(19)16-6-3-2-4-7-16/h8-9,14,16H,2-7,10-13,15H2,1H3. The minimum Gasteiger partial charge on any atom is -0.483 e. The summed E-state index contributed by atoms with van der Waals surface area (Å²) in [4.78, 5) is 27.7. The van der Waals surface area contributed by atoms with Crippen molar-refractivity contribution in [3.63, 3.8) is 0 Å². The van der Waals surface area contributed by atoms with Crippen LogP contribution >= 0.6 is 11.6 Å². The molecule has 6 nitrogen and oxygen atoms in total. The Morgan fingerprint density at radius 3 is 2.50 bits per heavy atom. The van der Waals surface area contributed by atoms with Crippen molar-refractivity contribution in [2.75, 3.05) is 39.9 Å². The van der Waals surface area contributed by atoms with Crippen molar-refractivity contribution in [1.82, 2.24) is 9.80 Å². The minimum atomic E-state index is -0.344. The Balaban J connectivity index is 1.59. The second kappa shape index (κ2) is 10.0. The quantitative estimate of drug-likeness (QED) is 0.753. The average molecular weight is 409 g/mol. The van der Waals surface area contributed by atoms with E-state index in [0.717, 1.165) is 30.6 Å². The van der Waals surface area contributed by atoms with Crippen LogP contribution in [0.1, 0.15) is 50.0 Å². The van der Waals surface area contributed by atoms with Crippen molar-refractivity contribution in [1.29, 1.82) is 0 Å². The topological polar surface area (TPSA) is 59.1 Å². The van der Waals surface area contributed by atoms with E-state index in [-0.39, 0.29) is 18.6 Å². The third-order valence-electron chi connectivity index (χ3n) is 5.65. The van der Waals surface area contributed by atoms with Crippen molar-refractivity contribution in [3.05, 3.63) is 28.8 Å². The molecule has 0 aromatic heterocycles. The number of benzene rings is 1. The molecule has 2 amide bonds. The van der Waals surface area contributed by atoms with Gasteiger partial charge in [-0.1, -0.05) is 30.9 Å². The summed E-state index contributed by atoms with van der Waals surface area (Å²) in [6.45, 7) is 2.19. The van der Waals surface area contributed by atoms with E-state index in [1.54, 1.807) is 9.80 Å². The number of halogens is 1. The van der Waals surface area contributed by atoms with Gasteiger partial charge >= 0.3 is 6.09 Å². The monoisotopic (exact) mass is 408 g/mol. The van der Waals surface area contributed by atoms with Gasteiger partial charge in [-0.3, -0.25) is 4.79 Å². The lowest BCUT2D eigenvalue weighted by Crippen LogP contribution is -2.39. The molecule has 154 valence electrons. The molecule has 1 saturated heterocycles. The van der Waals surface area contributed by atoms with Gasteiger partial charge in [0.2, 0.25) is 0 Å². The van der Waals surface area contributed by atoms with Crippen molar-refractivity contribution < 1.29 is 19.1 Å². The van der Waals surface area contributed by atoms with Crippen molar-refractivity contribution >= 4 is 23.6 Å². The number of rotatable bonds is 4. The zero-order chi connectivity index (χ0) is 19.9. The van der Waals surface area contributed by atoms with Gasteiger partial charge in [-0.05, 0) is 48.9 Å². The van der Waals surface area contributed by atoms with Crippen LogP contribution in [0.3, 0.4) is 0 Å². The summed E-state index contributed by atoms with van der Waals surface area (Å²) in [5.41, 5.74) is 1.12. The van der Waals surface area contributed by atoms with Gasteiger partial charge in [0.15, 0.2) is 6.61 Å². The Labute approximate surface area is 171 Å². The summed E-state index contributed by atoms with van der Waals surface area (Å²) in [7, 11) is 1.38. The summed E-state index contributed by atoms with van der Waals surface area (Å²) >= 11 is 6.22. The van der Waals surface area contributed by atoms with E-state index < -0.39 is 0 Å². The SMILES string of the molecule is COC(=O)N1CCCN(C(=O)COc2ccc(Cl)cc2C2CCCCC2)CC1. The molecule has 2 aliphatic rings. The predicted molar refractivity (Wildman–Crippen MR) is 108 cm³/mol. The van der Waals surface area contributed by atoms with Crippen LogP contribution < -0.4 is 4.74 Å². The molecule has 28 heavy (non-hydrogen) atoms. The van der Waals surface area contributed by atoms with Crippen molar-refractivity contribution in [3.8, 4) is 5.75 Å². The average Bonchev–Trinajstić information content (AvgIpc) is 2.99. The highest BCUT2D eigenvalue weighted by Crippen LogP contribution is 2.38. The minimum absolute atomic E-state index is 0.000420. The van der Waals surface area contributed by atoms with Gasteiger partial charge in [-0.25, -0.2) is 4.79 Å². The fraction of sp³-hybridized carbons (Fsp3) is 0.619. The molecule has 0 unspecified atom stereocenters. The maximum Gasteiger partial charge on any atom is 0.409 e. The fourth-order valence-electron chi connectivity index (χ4n) is 4.09. The second-order valence-electron chi connectivity index (χ2n) is 7.50. The van der Waals surface area contributed by atoms with E-state index in [2.05, 4.69) is 0 Å². The van der Waals surface area contributed by atoms with E-state index in [9.17, 15) is 9.59 Å². The summed E-state index contributed by atoms with van der Waals surface area (Å²) < 4.78 is 10.7. The highest BCUT2D eigenvalue weighted by molar-refractivity contribution is 6.30. The first-order valence-corrected chi connectivity index (χ1v) is 10.5. The number of methoxy groups -OCH3 is 1. The van der Waals surface area contributed by atoms with Crippen LogP contribution in [0.5, 0.6) is 5.75 Å². The first-order chi connectivity index (χ1) is 13.6. The number of amides is 2. The van der Waals surface area contributed by atoms with Gasteiger partial charge in [0.05, 0.1) is 7.11 Å². The van der Waals surface area contributed by atoms with E-state index >= 15 is 0 Å². The van der Waals surface area contributed by atoms with E-state index in [1.165, 1.54) is 26.4 Å². The van der Waals surface area contributed by atoms with Gasteiger partial charge in [0, 0.05) is 31.2 Å². The molecule has 0 bridgehead atoms. The Bertz CT molecular complexity index is 691. The van der Waals surface area contributed by atoms with Crippen LogP contribution in [0.4, 0.5) is 4.79 Å². The molecule has 1 aliphatic carbocycles. The number of nitrogens with zero attached hydrogens (tertiary/aromatic N) is 2. The van der Waals surface area contributed by atoms with Gasteiger partial charge in [0.25, 0.3) is 5.91 Å². The lowest BCUT2D eigenvalue weighted by molar-refractivity contribution is -0.133. The number of hydrogen-bond acceptors (Lipinski definition) is 4.